The summed E-state index contributed by atoms with van der Waals surface area (Å²) in [6.45, 7) is 0.335. The van der Waals surface area contributed by atoms with E-state index >= 15 is 0 Å². The lowest BCUT2D eigenvalue weighted by atomic mass is 10.3. The fourth-order valence-electron chi connectivity index (χ4n) is 1.92. The number of nitrogens with one attached hydrogen (secondary N) is 2. The molecule has 0 spiro atoms. The van der Waals surface area contributed by atoms with Gasteiger partial charge in [-0.1, -0.05) is 5.16 Å². The predicted octanol–water partition coefficient (Wildman–Crippen LogP) is -0.869. The van der Waals surface area contributed by atoms with Crippen LogP contribution < -0.4 is 5.32 Å². The Morgan fingerprint density at radius 2 is 2.42 bits per heavy atom. The van der Waals surface area contributed by atoms with E-state index in [1.165, 1.54) is 6.33 Å². The van der Waals surface area contributed by atoms with Crippen molar-refractivity contribution in [2.24, 2.45) is 0 Å². The number of aromatic nitrogens is 5. The van der Waals surface area contributed by atoms with Crippen molar-refractivity contribution in [3.8, 4) is 11.6 Å². The summed E-state index contributed by atoms with van der Waals surface area (Å²) in [5.41, 5.74) is 0. The fourth-order valence-corrected chi connectivity index (χ4v) is 3.63. The lowest BCUT2D eigenvalue weighted by Gasteiger charge is -2.06. The maximum absolute atomic E-state index is 11.3. The van der Waals surface area contributed by atoms with E-state index in [0.717, 1.165) is 0 Å². The van der Waals surface area contributed by atoms with Gasteiger partial charge in [0.1, 0.15) is 6.33 Å². The molecule has 19 heavy (non-hydrogen) atoms. The average Bonchev–Trinajstić information content (AvgIpc) is 3.04. The molecule has 2 N–H and O–H groups in total. The van der Waals surface area contributed by atoms with Crippen LogP contribution in [0.5, 0.6) is 0 Å². The Morgan fingerprint density at radius 1 is 1.53 bits per heavy atom. The first-order chi connectivity index (χ1) is 9.12. The zero-order valence-corrected chi connectivity index (χ0v) is 10.7. The fraction of sp³-hybridized carbons (Fsp3) is 0.556. The second-order valence-electron chi connectivity index (χ2n) is 4.33. The maximum atomic E-state index is 11.3. The molecule has 1 fully saturated rings. The predicted molar refractivity (Wildman–Crippen MR) is 63.6 cm³/mol. The molecule has 1 aliphatic heterocycles. The SMILES string of the molecule is O=S1(=O)CCC(NCc2nc(-c3ncn[nH]3)no2)C1. The Balaban J connectivity index is 1.59. The number of nitrogens with zero attached hydrogens (tertiary/aromatic N) is 4. The van der Waals surface area contributed by atoms with Gasteiger partial charge in [0, 0.05) is 6.04 Å². The van der Waals surface area contributed by atoms with Crippen LogP contribution in [0.1, 0.15) is 12.3 Å². The minimum absolute atomic E-state index is 0.0503. The van der Waals surface area contributed by atoms with Crippen molar-refractivity contribution in [3.63, 3.8) is 0 Å². The zero-order chi connectivity index (χ0) is 13.3. The second-order valence-corrected chi connectivity index (χ2v) is 6.56. The lowest BCUT2D eigenvalue weighted by molar-refractivity contribution is 0.360. The molecule has 1 atom stereocenters. The van der Waals surface area contributed by atoms with Crippen LogP contribution in [0.2, 0.25) is 0 Å². The topological polar surface area (TPSA) is 127 Å². The van der Waals surface area contributed by atoms with Gasteiger partial charge in [0.15, 0.2) is 15.7 Å². The second kappa shape index (κ2) is 4.70. The van der Waals surface area contributed by atoms with Gasteiger partial charge in [0.2, 0.25) is 11.7 Å². The smallest absolute Gasteiger partial charge is 0.241 e. The van der Waals surface area contributed by atoms with Gasteiger partial charge in [0.25, 0.3) is 0 Å². The quantitative estimate of drug-likeness (QED) is 0.742. The van der Waals surface area contributed by atoms with E-state index in [9.17, 15) is 8.42 Å². The third-order valence-corrected chi connectivity index (χ3v) is 4.64. The molecule has 1 aliphatic rings. The Kier molecular flexibility index (Phi) is 3.03. The number of rotatable bonds is 4. The molecular formula is C9H12N6O3S. The van der Waals surface area contributed by atoms with Gasteiger partial charge in [-0.05, 0) is 6.42 Å². The van der Waals surface area contributed by atoms with E-state index < -0.39 is 9.84 Å². The molecule has 3 heterocycles. The van der Waals surface area contributed by atoms with Gasteiger partial charge >= 0.3 is 0 Å². The zero-order valence-electron chi connectivity index (χ0n) is 9.90. The highest BCUT2D eigenvalue weighted by Gasteiger charge is 2.27. The summed E-state index contributed by atoms with van der Waals surface area (Å²) in [6, 6.07) is -0.0503. The molecule has 0 bridgehead atoms. The Hall–Kier alpha value is -1.81. The Labute approximate surface area is 108 Å². The van der Waals surface area contributed by atoms with Crippen LogP contribution in [-0.2, 0) is 16.4 Å². The standard InChI is InChI=1S/C9H12N6O3S/c16-19(17)2-1-6(4-19)10-3-7-13-9(15-18-7)8-11-5-12-14-8/h5-6,10H,1-4H2,(H,11,12,14). The van der Waals surface area contributed by atoms with Gasteiger partial charge in [0.05, 0.1) is 18.1 Å². The summed E-state index contributed by atoms with van der Waals surface area (Å²) in [7, 11) is -2.88. The molecule has 2 aromatic rings. The van der Waals surface area contributed by atoms with Gasteiger partial charge < -0.3 is 9.84 Å². The normalized spacial score (nSPS) is 21.8. The molecule has 3 rings (SSSR count). The summed E-state index contributed by atoms with van der Waals surface area (Å²) in [4.78, 5) is 8.03. The number of H-pyrrole nitrogens is 1. The van der Waals surface area contributed by atoms with Crippen molar-refractivity contribution < 1.29 is 12.9 Å². The molecule has 0 saturated carbocycles. The van der Waals surface area contributed by atoms with E-state index in [1.54, 1.807) is 0 Å². The summed E-state index contributed by atoms with van der Waals surface area (Å²) in [5.74, 6) is 1.54. The van der Waals surface area contributed by atoms with Crippen molar-refractivity contribution >= 4 is 9.84 Å². The van der Waals surface area contributed by atoms with Gasteiger partial charge in [-0.2, -0.15) is 10.1 Å². The highest BCUT2D eigenvalue weighted by Crippen LogP contribution is 2.13. The third-order valence-electron chi connectivity index (χ3n) is 2.87. The molecule has 0 radical (unpaired) electrons. The first kappa shape index (κ1) is 12.2. The highest BCUT2D eigenvalue weighted by molar-refractivity contribution is 7.91. The van der Waals surface area contributed by atoms with Crippen LogP contribution in [0.4, 0.5) is 0 Å². The van der Waals surface area contributed by atoms with Crippen LogP contribution in [0.15, 0.2) is 10.9 Å². The molecule has 0 amide bonds. The van der Waals surface area contributed by atoms with Crippen molar-refractivity contribution in [2.75, 3.05) is 11.5 Å². The van der Waals surface area contributed by atoms with E-state index in [4.69, 9.17) is 4.52 Å². The summed E-state index contributed by atoms with van der Waals surface area (Å²) in [6.07, 6.45) is 1.97. The number of aromatic amines is 1. The molecule has 10 heteroatoms. The lowest BCUT2D eigenvalue weighted by Crippen LogP contribution is -2.29. The molecule has 102 valence electrons. The molecule has 9 nitrogen and oxygen atoms in total. The van der Waals surface area contributed by atoms with E-state index in [-0.39, 0.29) is 17.5 Å². The number of hydrogen-bond donors (Lipinski definition) is 2. The van der Waals surface area contributed by atoms with Crippen LogP contribution in [0.25, 0.3) is 11.6 Å². The molecule has 1 unspecified atom stereocenters. The van der Waals surface area contributed by atoms with E-state index in [1.807, 2.05) is 0 Å². The monoisotopic (exact) mass is 284 g/mol. The summed E-state index contributed by atoms with van der Waals surface area (Å²) < 4.78 is 27.6. The molecular weight excluding hydrogens is 272 g/mol. The number of sulfone groups is 1. The van der Waals surface area contributed by atoms with Crippen LogP contribution in [-0.4, -0.2) is 51.3 Å². The summed E-state index contributed by atoms with van der Waals surface area (Å²) in [5, 5.41) is 13.2. The van der Waals surface area contributed by atoms with Crippen LogP contribution >= 0.6 is 0 Å². The first-order valence-corrected chi connectivity index (χ1v) is 7.57. The van der Waals surface area contributed by atoms with Gasteiger partial charge in [-0.25, -0.2) is 13.4 Å². The minimum Gasteiger partial charge on any atom is -0.337 e. The van der Waals surface area contributed by atoms with Crippen molar-refractivity contribution in [1.29, 1.82) is 0 Å². The first-order valence-electron chi connectivity index (χ1n) is 5.74. The summed E-state index contributed by atoms with van der Waals surface area (Å²) >= 11 is 0. The number of hydrogen-bond acceptors (Lipinski definition) is 8. The van der Waals surface area contributed by atoms with Crippen molar-refractivity contribution in [2.45, 2.75) is 19.0 Å². The minimum atomic E-state index is -2.88. The van der Waals surface area contributed by atoms with Crippen molar-refractivity contribution in [3.05, 3.63) is 12.2 Å². The van der Waals surface area contributed by atoms with Crippen molar-refractivity contribution in [1.82, 2.24) is 30.6 Å². The van der Waals surface area contributed by atoms with Crippen LogP contribution in [0, 0.1) is 0 Å². The molecule has 0 aromatic carbocycles. The molecule has 1 saturated heterocycles. The molecule has 2 aromatic heterocycles. The van der Waals surface area contributed by atoms with Gasteiger partial charge in [-0.15, -0.1) is 0 Å². The van der Waals surface area contributed by atoms with Gasteiger partial charge in [-0.3, -0.25) is 5.10 Å². The van der Waals surface area contributed by atoms with E-state index in [2.05, 4.69) is 30.6 Å². The Morgan fingerprint density at radius 3 is 3.11 bits per heavy atom. The van der Waals surface area contributed by atoms with E-state index in [0.29, 0.717) is 30.5 Å². The third kappa shape index (κ3) is 2.79. The molecule has 0 aliphatic carbocycles. The largest absolute Gasteiger partial charge is 0.337 e. The highest BCUT2D eigenvalue weighted by atomic mass is 32.2. The average molecular weight is 284 g/mol. The van der Waals surface area contributed by atoms with Crippen LogP contribution in [0.3, 0.4) is 0 Å². The maximum Gasteiger partial charge on any atom is 0.241 e. The Bertz CT molecular complexity index is 649.